The molecule has 0 spiro atoms. The van der Waals surface area contributed by atoms with Gasteiger partial charge < -0.3 is 0 Å². The zero-order valence-electron chi connectivity index (χ0n) is 6.45. The molecule has 1 nitrogen and oxygen atoms in total. The molecule has 1 heterocycles. The third kappa shape index (κ3) is 1.87. The standard InChI is InChI=1S/C7H3BrF5N/c8-4-2-1-3-14-5(4)6(9,10)7(11,12)13/h1-3H. The first-order valence-corrected chi connectivity index (χ1v) is 4.11. The number of aromatic nitrogens is 1. The number of halogens is 6. The highest BCUT2D eigenvalue weighted by Gasteiger charge is 2.60. The maximum Gasteiger partial charge on any atom is 0.459 e. The Morgan fingerprint density at radius 1 is 1.14 bits per heavy atom. The molecule has 0 N–H and O–H groups in total. The van der Waals surface area contributed by atoms with E-state index in [-0.39, 0.29) is 4.47 Å². The Labute approximate surface area is 84.1 Å². The van der Waals surface area contributed by atoms with Crippen LogP contribution in [0.5, 0.6) is 0 Å². The molecule has 0 aliphatic heterocycles. The molecule has 0 atom stereocenters. The van der Waals surface area contributed by atoms with Gasteiger partial charge in [0.25, 0.3) is 0 Å². The summed E-state index contributed by atoms with van der Waals surface area (Å²) in [6.07, 6.45) is -4.76. The van der Waals surface area contributed by atoms with Crippen LogP contribution in [0.1, 0.15) is 5.69 Å². The van der Waals surface area contributed by atoms with Crippen molar-refractivity contribution in [3.05, 3.63) is 28.5 Å². The highest BCUT2D eigenvalue weighted by atomic mass is 79.9. The quantitative estimate of drug-likeness (QED) is 0.715. The van der Waals surface area contributed by atoms with E-state index in [9.17, 15) is 22.0 Å². The van der Waals surface area contributed by atoms with Crippen molar-refractivity contribution in [1.82, 2.24) is 4.98 Å². The van der Waals surface area contributed by atoms with Crippen molar-refractivity contribution in [1.29, 1.82) is 0 Å². The van der Waals surface area contributed by atoms with Gasteiger partial charge in [0.2, 0.25) is 0 Å². The highest BCUT2D eigenvalue weighted by molar-refractivity contribution is 9.10. The Bertz CT molecular complexity index is 335. The number of pyridine rings is 1. The van der Waals surface area contributed by atoms with Crippen LogP contribution in [0.15, 0.2) is 22.8 Å². The fraction of sp³-hybridized carbons (Fsp3) is 0.286. The number of hydrogen-bond donors (Lipinski definition) is 0. The maximum absolute atomic E-state index is 12.7. The molecular formula is C7H3BrF5N. The van der Waals surface area contributed by atoms with Gasteiger partial charge in [-0.05, 0) is 28.1 Å². The van der Waals surface area contributed by atoms with Crippen LogP contribution in [0, 0.1) is 0 Å². The molecule has 0 unspecified atom stereocenters. The summed E-state index contributed by atoms with van der Waals surface area (Å²) in [7, 11) is 0. The Hall–Kier alpha value is -0.720. The van der Waals surface area contributed by atoms with E-state index in [1.807, 2.05) is 0 Å². The molecule has 14 heavy (non-hydrogen) atoms. The third-order valence-electron chi connectivity index (χ3n) is 1.41. The van der Waals surface area contributed by atoms with Crippen molar-refractivity contribution >= 4 is 15.9 Å². The summed E-state index contributed by atoms with van der Waals surface area (Å²) >= 11 is 2.58. The predicted molar refractivity (Wildman–Crippen MR) is 41.9 cm³/mol. The molecule has 1 aromatic heterocycles. The van der Waals surface area contributed by atoms with Crippen LogP contribution in [0.3, 0.4) is 0 Å². The zero-order valence-corrected chi connectivity index (χ0v) is 8.03. The van der Waals surface area contributed by atoms with Gasteiger partial charge in [0.15, 0.2) is 0 Å². The van der Waals surface area contributed by atoms with Crippen molar-refractivity contribution in [2.24, 2.45) is 0 Å². The van der Waals surface area contributed by atoms with E-state index in [4.69, 9.17) is 0 Å². The lowest BCUT2D eigenvalue weighted by atomic mass is 10.2. The lowest BCUT2D eigenvalue weighted by molar-refractivity contribution is -0.291. The van der Waals surface area contributed by atoms with Crippen LogP contribution in [-0.4, -0.2) is 11.2 Å². The molecule has 0 aliphatic rings. The molecule has 0 fully saturated rings. The van der Waals surface area contributed by atoms with Crippen LogP contribution in [-0.2, 0) is 5.92 Å². The molecule has 0 radical (unpaired) electrons. The lowest BCUT2D eigenvalue weighted by Crippen LogP contribution is -2.34. The molecule has 0 bridgehead atoms. The summed E-state index contributed by atoms with van der Waals surface area (Å²) in [5.41, 5.74) is -1.33. The average Bonchev–Trinajstić information content (AvgIpc) is 2.02. The van der Waals surface area contributed by atoms with Gasteiger partial charge in [-0.25, -0.2) is 0 Å². The SMILES string of the molecule is FC(F)(F)C(F)(F)c1ncccc1Br. The van der Waals surface area contributed by atoms with E-state index in [2.05, 4.69) is 20.9 Å². The summed E-state index contributed by atoms with van der Waals surface area (Å²) in [5.74, 6) is -4.94. The molecule has 0 aliphatic carbocycles. The van der Waals surface area contributed by atoms with Crippen molar-refractivity contribution in [3.8, 4) is 0 Å². The second kappa shape index (κ2) is 3.45. The highest BCUT2D eigenvalue weighted by Crippen LogP contribution is 2.44. The van der Waals surface area contributed by atoms with Gasteiger partial charge in [-0.1, -0.05) is 0 Å². The third-order valence-corrected chi connectivity index (χ3v) is 2.05. The van der Waals surface area contributed by atoms with Gasteiger partial charge in [0.1, 0.15) is 5.69 Å². The molecule has 0 amide bonds. The number of nitrogens with zero attached hydrogens (tertiary/aromatic N) is 1. The van der Waals surface area contributed by atoms with E-state index >= 15 is 0 Å². The van der Waals surface area contributed by atoms with Crippen molar-refractivity contribution in [2.45, 2.75) is 12.1 Å². The first kappa shape index (κ1) is 11.4. The van der Waals surface area contributed by atoms with Crippen LogP contribution in [0.4, 0.5) is 22.0 Å². The van der Waals surface area contributed by atoms with E-state index < -0.39 is 17.8 Å². The summed E-state index contributed by atoms with van der Waals surface area (Å²) in [4.78, 5) is 3.00. The van der Waals surface area contributed by atoms with E-state index in [1.54, 1.807) is 0 Å². The van der Waals surface area contributed by atoms with Gasteiger partial charge in [0, 0.05) is 10.7 Å². The molecule has 7 heteroatoms. The summed E-state index contributed by atoms with van der Waals surface area (Å²) in [6.45, 7) is 0. The minimum absolute atomic E-state index is 0.373. The molecule has 0 aromatic carbocycles. The average molecular weight is 276 g/mol. The first-order valence-electron chi connectivity index (χ1n) is 3.32. The molecular weight excluding hydrogens is 273 g/mol. The molecule has 1 rings (SSSR count). The lowest BCUT2D eigenvalue weighted by Gasteiger charge is -2.19. The number of rotatable bonds is 1. The van der Waals surface area contributed by atoms with Crippen molar-refractivity contribution in [3.63, 3.8) is 0 Å². The largest absolute Gasteiger partial charge is 0.459 e. The molecule has 1 aromatic rings. The Morgan fingerprint density at radius 2 is 1.71 bits per heavy atom. The summed E-state index contributed by atoms with van der Waals surface area (Å²) in [6, 6.07) is 2.32. The topological polar surface area (TPSA) is 12.9 Å². The molecule has 78 valence electrons. The minimum atomic E-state index is -5.64. The van der Waals surface area contributed by atoms with E-state index in [0.29, 0.717) is 0 Å². The Kier molecular flexibility index (Phi) is 2.80. The Balaban J connectivity index is 3.23. The zero-order chi connectivity index (χ0) is 11.0. The fourth-order valence-electron chi connectivity index (χ4n) is 0.751. The number of alkyl halides is 5. The summed E-state index contributed by atoms with van der Waals surface area (Å²) in [5, 5.41) is 0. The molecule has 0 saturated heterocycles. The maximum atomic E-state index is 12.7. The molecule has 0 saturated carbocycles. The van der Waals surface area contributed by atoms with Gasteiger partial charge >= 0.3 is 12.1 Å². The van der Waals surface area contributed by atoms with Gasteiger partial charge in [-0.2, -0.15) is 22.0 Å². The van der Waals surface area contributed by atoms with Gasteiger partial charge in [0.05, 0.1) is 0 Å². The Morgan fingerprint density at radius 3 is 2.14 bits per heavy atom. The minimum Gasteiger partial charge on any atom is -0.253 e. The van der Waals surface area contributed by atoms with Crippen molar-refractivity contribution < 1.29 is 22.0 Å². The van der Waals surface area contributed by atoms with E-state index in [0.717, 1.165) is 12.3 Å². The van der Waals surface area contributed by atoms with Crippen LogP contribution in [0.2, 0.25) is 0 Å². The predicted octanol–water partition coefficient (Wildman–Crippen LogP) is 3.50. The van der Waals surface area contributed by atoms with Crippen LogP contribution in [0.25, 0.3) is 0 Å². The summed E-state index contributed by atoms with van der Waals surface area (Å²) < 4.78 is 60.7. The van der Waals surface area contributed by atoms with Gasteiger partial charge in [-0.15, -0.1) is 0 Å². The first-order chi connectivity index (χ1) is 6.27. The second-order valence-corrected chi connectivity index (χ2v) is 3.26. The number of hydrogen-bond acceptors (Lipinski definition) is 1. The second-order valence-electron chi connectivity index (χ2n) is 2.41. The normalized spacial score (nSPS) is 13.0. The fourth-order valence-corrected chi connectivity index (χ4v) is 1.25. The van der Waals surface area contributed by atoms with Gasteiger partial charge in [-0.3, -0.25) is 4.98 Å². The van der Waals surface area contributed by atoms with E-state index in [1.165, 1.54) is 6.07 Å². The van der Waals surface area contributed by atoms with Crippen LogP contribution >= 0.6 is 15.9 Å². The monoisotopic (exact) mass is 275 g/mol. The van der Waals surface area contributed by atoms with Crippen molar-refractivity contribution in [2.75, 3.05) is 0 Å². The van der Waals surface area contributed by atoms with Crippen LogP contribution < -0.4 is 0 Å². The smallest absolute Gasteiger partial charge is 0.253 e.